The molecule has 0 atom stereocenters. The predicted octanol–water partition coefficient (Wildman–Crippen LogP) is 7.00. The molecule has 0 bridgehead atoms. The van der Waals surface area contributed by atoms with Gasteiger partial charge in [-0.3, -0.25) is 4.58 Å². The molecule has 2 aromatic carbocycles. The SMILES string of the molecule is C=[N+]1C=C([Si](C)(C)C)C(CC(C)C)=C[C-]1c1cc(-c2ccccc2)ccc1C. The highest BCUT2D eigenvalue weighted by molar-refractivity contribution is 6.84. The van der Waals surface area contributed by atoms with E-state index in [2.05, 4.69) is 113 Å². The average Bonchev–Trinajstić information content (AvgIpc) is 2.63. The molecule has 0 amide bonds. The van der Waals surface area contributed by atoms with E-state index in [9.17, 15) is 0 Å². The molecule has 1 nitrogen and oxygen atoms in total. The Morgan fingerprint density at radius 2 is 1.68 bits per heavy atom. The number of hydrogen-bond acceptors (Lipinski definition) is 0. The maximum atomic E-state index is 4.37. The Hall–Kier alpha value is -2.32. The molecular formula is C26H33NSi. The fourth-order valence-electron chi connectivity index (χ4n) is 3.86. The standard InChI is InChI=1S/C26H33NSi/c1-19(2)15-23-17-25(27(4)18-26(23)28(5,6)7)24-16-22(14-13-20(24)3)21-11-9-8-10-12-21/h8-14,16-19H,4,15H2,1-3,5-7H3. The molecule has 28 heavy (non-hydrogen) atoms. The van der Waals surface area contributed by atoms with Gasteiger partial charge in [0.1, 0.15) is 12.2 Å². The monoisotopic (exact) mass is 387 g/mol. The lowest BCUT2D eigenvalue weighted by molar-refractivity contribution is -0.418. The smallest absolute Gasteiger partial charge is 0.147 e. The zero-order valence-corrected chi connectivity index (χ0v) is 19.2. The van der Waals surface area contributed by atoms with Crippen molar-refractivity contribution in [1.82, 2.24) is 0 Å². The Bertz CT molecular complexity index is 927. The number of benzene rings is 2. The van der Waals surface area contributed by atoms with E-state index in [1.54, 1.807) is 0 Å². The summed E-state index contributed by atoms with van der Waals surface area (Å²) in [6.45, 7) is 18.4. The van der Waals surface area contributed by atoms with Crippen LogP contribution in [0.1, 0.15) is 31.4 Å². The lowest BCUT2D eigenvalue weighted by Crippen LogP contribution is -2.31. The second-order valence-corrected chi connectivity index (χ2v) is 14.3. The van der Waals surface area contributed by atoms with Crippen molar-refractivity contribution in [3.63, 3.8) is 0 Å². The molecule has 0 saturated heterocycles. The summed E-state index contributed by atoms with van der Waals surface area (Å²) in [6, 6.07) is 18.6. The fourth-order valence-corrected chi connectivity index (χ4v) is 5.54. The van der Waals surface area contributed by atoms with Crippen molar-refractivity contribution in [1.29, 1.82) is 0 Å². The van der Waals surface area contributed by atoms with Crippen LogP contribution in [0.2, 0.25) is 19.6 Å². The van der Waals surface area contributed by atoms with Crippen molar-refractivity contribution in [3.05, 3.63) is 88.7 Å². The summed E-state index contributed by atoms with van der Waals surface area (Å²) in [5, 5.41) is 1.52. The van der Waals surface area contributed by atoms with E-state index in [-0.39, 0.29) is 0 Å². The highest BCUT2D eigenvalue weighted by Gasteiger charge is 2.29. The first kappa shape index (κ1) is 20.4. The Kier molecular flexibility index (Phi) is 5.81. The molecule has 1 heterocycles. The molecule has 0 unspecified atom stereocenters. The van der Waals surface area contributed by atoms with Crippen molar-refractivity contribution in [2.75, 3.05) is 0 Å². The summed E-state index contributed by atoms with van der Waals surface area (Å²) >= 11 is 0. The summed E-state index contributed by atoms with van der Waals surface area (Å²) < 4.78 is 2.09. The molecule has 0 fully saturated rings. The molecule has 0 saturated carbocycles. The van der Waals surface area contributed by atoms with Crippen molar-refractivity contribution in [2.45, 2.75) is 46.8 Å². The van der Waals surface area contributed by atoms with Gasteiger partial charge in [0.05, 0.1) is 14.8 Å². The van der Waals surface area contributed by atoms with Crippen molar-refractivity contribution in [3.8, 4) is 11.1 Å². The van der Waals surface area contributed by atoms with Gasteiger partial charge in [0.2, 0.25) is 0 Å². The number of allylic oxidation sites excluding steroid dienone is 2. The van der Waals surface area contributed by atoms with Gasteiger partial charge in [0.15, 0.2) is 0 Å². The van der Waals surface area contributed by atoms with Crippen LogP contribution in [-0.4, -0.2) is 19.4 Å². The van der Waals surface area contributed by atoms with Gasteiger partial charge in [-0.05, 0) is 40.3 Å². The summed E-state index contributed by atoms with van der Waals surface area (Å²) in [5.74, 6) is 0.639. The minimum absolute atomic E-state index is 0.639. The second-order valence-electron chi connectivity index (χ2n) is 9.31. The zero-order valence-electron chi connectivity index (χ0n) is 18.2. The van der Waals surface area contributed by atoms with E-state index in [4.69, 9.17) is 0 Å². The predicted molar refractivity (Wildman–Crippen MR) is 125 cm³/mol. The number of nitrogens with zero attached hydrogens (tertiary/aromatic N) is 1. The third kappa shape index (κ3) is 4.39. The highest BCUT2D eigenvalue weighted by atomic mass is 28.3. The normalized spacial score (nSPS) is 15.0. The van der Waals surface area contributed by atoms with Gasteiger partial charge in [0.25, 0.3) is 0 Å². The van der Waals surface area contributed by atoms with Gasteiger partial charge >= 0.3 is 0 Å². The lowest BCUT2D eigenvalue weighted by atomic mass is 9.91. The molecule has 0 spiro atoms. The Morgan fingerprint density at radius 3 is 2.29 bits per heavy atom. The van der Waals surface area contributed by atoms with Gasteiger partial charge in [-0.1, -0.05) is 100 Å². The van der Waals surface area contributed by atoms with Crippen LogP contribution in [0.25, 0.3) is 11.1 Å². The van der Waals surface area contributed by atoms with Crippen LogP contribution in [0.5, 0.6) is 0 Å². The van der Waals surface area contributed by atoms with Gasteiger partial charge < -0.3 is 0 Å². The molecular weight excluding hydrogens is 354 g/mol. The Balaban J connectivity index is 2.07. The van der Waals surface area contributed by atoms with Crippen LogP contribution in [-0.2, 0) is 0 Å². The summed E-state index contributed by atoms with van der Waals surface area (Å²) in [4.78, 5) is 0. The topological polar surface area (TPSA) is 3.01 Å². The molecule has 1 aliphatic heterocycles. The zero-order chi connectivity index (χ0) is 20.5. The molecule has 0 N–H and O–H groups in total. The van der Waals surface area contributed by atoms with Gasteiger partial charge in [-0.25, -0.2) is 0 Å². The molecule has 0 aliphatic carbocycles. The van der Waals surface area contributed by atoms with Crippen molar-refractivity contribution in [2.24, 2.45) is 5.92 Å². The maximum absolute atomic E-state index is 4.37. The number of rotatable bonds is 5. The molecule has 2 aromatic rings. The first-order valence-corrected chi connectivity index (χ1v) is 13.7. The summed E-state index contributed by atoms with van der Waals surface area (Å²) in [7, 11) is -1.44. The van der Waals surface area contributed by atoms with Crippen LogP contribution < -0.4 is 0 Å². The minimum Gasteiger partial charge on any atom is -0.255 e. The average molecular weight is 388 g/mol. The van der Waals surface area contributed by atoms with Crippen LogP contribution in [0.3, 0.4) is 0 Å². The number of aryl methyl sites for hydroxylation is 1. The van der Waals surface area contributed by atoms with E-state index in [0.29, 0.717) is 5.92 Å². The quantitative estimate of drug-likeness (QED) is 0.295. The minimum atomic E-state index is -1.44. The molecule has 146 valence electrons. The highest BCUT2D eigenvalue weighted by Crippen LogP contribution is 2.37. The molecule has 0 radical (unpaired) electrons. The van der Waals surface area contributed by atoms with E-state index in [1.807, 2.05) is 0 Å². The summed E-state index contributed by atoms with van der Waals surface area (Å²) in [5.41, 5.74) is 6.55. The van der Waals surface area contributed by atoms with Gasteiger partial charge in [0, 0.05) is 0 Å². The molecule has 3 rings (SSSR count). The first-order valence-electron chi connectivity index (χ1n) is 10.2. The van der Waals surface area contributed by atoms with Crippen molar-refractivity contribution >= 4 is 14.8 Å². The van der Waals surface area contributed by atoms with E-state index < -0.39 is 8.07 Å². The van der Waals surface area contributed by atoms with Crippen LogP contribution in [0.15, 0.2) is 71.6 Å². The Morgan fingerprint density at radius 1 is 1.00 bits per heavy atom. The lowest BCUT2D eigenvalue weighted by Gasteiger charge is -2.32. The second kappa shape index (κ2) is 7.96. The van der Waals surface area contributed by atoms with E-state index in [0.717, 1.165) is 6.42 Å². The Labute approximate surface area is 172 Å². The van der Waals surface area contributed by atoms with Gasteiger partial charge in [-0.15, -0.1) is 0 Å². The molecule has 0 aromatic heterocycles. The first-order chi connectivity index (χ1) is 13.2. The van der Waals surface area contributed by atoms with E-state index in [1.165, 1.54) is 39.1 Å². The van der Waals surface area contributed by atoms with Crippen LogP contribution in [0.4, 0.5) is 0 Å². The third-order valence-electron chi connectivity index (χ3n) is 5.31. The van der Waals surface area contributed by atoms with Crippen molar-refractivity contribution < 1.29 is 4.58 Å². The molecule has 2 heteroatoms. The molecule has 1 aliphatic rings. The third-order valence-corrected chi connectivity index (χ3v) is 7.37. The number of hydrogen-bond donors (Lipinski definition) is 0. The maximum Gasteiger partial charge on any atom is 0.147 e. The fraction of sp³-hybridized carbons (Fsp3) is 0.308. The van der Waals surface area contributed by atoms with Crippen LogP contribution >= 0.6 is 0 Å². The van der Waals surface area contributed by atoms with Crippen LogP contribution in [0, 0.1) is 18.9 Å². The summed E-state index contributed by atoms with van der Waals surface area (Å²) in [6.07, 6.45) is 5.82. The van der Waals surface area contributed by atoms with Gasteiger partial charge in [-0.2, -0.15) is 0 Å². The van der Waals surface area contributed by atoms with E-state index >= 15 is 0 Å². The largest absolute Gasteiger partial charge is 0.255 e.